The number of carbonyl (C=O) groups excluding carboxylic acids is 1. The molecule has 5 rings (SSSR count). The SMILES string of the molecule is CCOc1ccc2c(=O)c3c(oc2c1)C(=O)N(c1nccs1)C3c1ccc(C(C)(C)C)cc1. The molecule has 4 aromatic rings. The van der Waals surface area contributed by atoms with Crippen LogP contribution >= 0.6 is 11.3 Å². The lowest BCUT2D eigenvalue weighted by Crippen LogP contribution is -2.29. The lowest BCUT2D eigenvalue weighted by atomic mass is 9.86. The van der Waals surface area contributed by atoms with E-state index in [0.717, 1.165) is 5.56 Å². The second-order valence-electron chi connectivity index (χ2n) is 9.03. The first-order chi connectivity index (χ1) is 15.8. The van der Waals surface area contributed by atoms with Crippen molar-refractivity contribution in [2.24, 2.45) is 0 Å². The third-order valence-corrected chi connectivity index (χ3v) is 6.64. The predicted octanol–water partition coefficient (Wildman–Crippen LogP) is 5.70. The average molecular weight is 461 g/mol. The lowest BCUT2D eigenvalue weighted by Gasteiger charge is -2.24. The molecule has 0 aliphatic carbocycles. The third kappa shape index (κ3) is 3.53. The van der Waals surface area contributed by atoms with E-state index in [9.17, 15) is 9.59 Å². The monoisotopic (exact) mass is 460 g/mol. The van der Waals surface area contributed by atoms with Gasteiger partial charge in [-0.1, -0.05) is 45.0 Å². The molecule has 0 saturated carbocycles. The van der Waals surface area contributed by atoms with Crippen molar-refractivity contribution in [2.45, 2.75) is 39.2 Å². The number of benzene rings is 2. The summed E-state index contributed by atoms with van der Waals surface area (Å²) in [5, 5.41) is 2.75. The molecule has 0 saturated heterocycles. The van der Waals surface area contributed by atoms with Gasteiger partial charge in [0.1, 0.15) is 11.3 Å². The molecule has 33 heavy (non-hydrogen) atoms. The summed E-state index contributed by atoms with van der Waals surface area (Å²) >= 11 is 1.35. The minimum atomic E-state index is -0.611. The number of ether oxygens (including phenoxy) is 1. The molecular weight excluding hydrogens is 436 g/mol. The summed E-state index contributed by atoms with van der Waals surface area (Å²) in [7, 11) is 0. The quantitative estimate of drug-likeness (QED) is 0.391. The van der Waals surface area contributed by atoms with Crippen LogP contribution in [0.5, 0.6) is 5.75 Å². The van der Waals surface area contributed by atoms with Gasteiger partial charge in [0.2, 0.25) is 5.76 Å². The van der Waals surface area contributed by atoms with E-state index in [1.807, 2.05) is 24.4 Å². The molecule has 0 radical (unpaired) electrons. The van der Waals surface area contributed by atoms with Gasteiger partial charge in [-0.2, -0.15) is 0 Å². The minimum absolute atomic E-state index is 0.00950. The van der Waals surface area contributed by atoms with E-state index >= 15 is 0 Å². The molecule has 2 aromatic heterocycles. The zero-order valence-corrected chi connectivity index (χ0v) is 19.7. The summed E-state index contributed by atoms with van der Waals surface area (Å²) in [5.74, 6) is 0.275. The topological polar surface area (TPSA) is 72.6 Å². The summed E-state index contributed by atoms with van der Waals surface area (Å²) in [6.45, 7) is 8.82. The van der Waals surface area contributed by atoms with Gasteiger partial charge in [-0.15, -0.1) is 11.3 Å². The molecule has 2 aromatic carbocycles. The number of nitrogens with zero attached hydrogens (tertiary/aromatic N) is 2. The summed E-state index contributed by atoms with van der Waals surface area (Å²) in [6.07, 6.45) is 1.65. The van der Waals surface area contributed by atoms with Crippen LogP contribution in [0.2, 0.25) is 0 Å². The lowest BCUT2D eigenvalue weighted by molar-refractivity contribution is 0.0971. The van der Waals surface area contributed by atoms with E-state index < -0.39 is 6.04 Å². The van der Waals surface area contributed by atoms with Crippen LogP contribution in [0.15, 0.2) is 63.3 Å². The van der Waals surface area contributed by atoms with Gasteiger partial charge < -0.3 is 9.15 Å². The predicted molar refractivity (Wildman–Crippen MR) is 130 cm³/mol. The fourth-order valence-corrected chi connectivity index (χ4v) is 4.89. The molecule has 1 unspecified atom stereocenters. The Morgan fingerprint density at radius 3 is 2.52 bits per heavy atom. The zero-order valence-electron chi connectivity index (χ0n) is 18.9. The number of anilines is 1. The maximum Gasteiger partial charge on any atom is 0.297 e. The zero-order chi connectivity index (χ0) is 23.3. The van der Waals surface area contributed by atoms with Gasteiger partial charge in [-0.3, -0.25) is 14.5 Å². The fraction of sp³-hybridized carbons (Fsp3) is 0.269. The van der Waals surface area contributed by atoms with Crippen LogP contribution in [0, 0.1) is 0 Å². The van der Waals surface area contributed by atoms with Crippen molar-refractivity contribution < 1.29 is 13.9 Å². The van der Waals surface area contributed by atoms with Crippen molar-refractivity contribution in [1.82, 2.24) is 4.98 Å². The number of aromatic nitrogens is 1. The van der Waals surface area contributed by atoms with Crippen molar-refractivity contribution in [3.05, 3.63) is 86.7 Å². The Morgan fingerprint density at radius 1 is 1.12 bits per heavy atom. The van der Waals surface area contributed by atoms with Gasteiger partial charge in [-0.05, 0) is 35.6 Å². The molecule has 1 amide bonds. The van der Waals surface area contributed by atoms with Crippen molar-refractivity contribution in [2.75, 3.05) is 11.5 Å². The third-order valence-electron chi connectivity index (χ3n) is 5.87. The number of hydrogen-bond acceptors (Lipinski definition) is 6. The maximum atomic E-state index is 13.7. The molecule has 1 atom stereocenters. The first-order valence-electron chi connectivity index (χ1n) is 10.9. The highest BCUT2D eigenvalue weighted by atomic mass is 32.1. The van der Waals surface area contributed by atoms with E-state index in [2.05, 4.69) is 37.9 Å². The first-order valence-corrected chi connectivity index (χ1v) is 11.7. The standard InChI is InChI=1S/C26H24N2O4S/c1-5-31-17-10-11-18-19(14-17)32-23-20(22(18)29)21(28(24(23)30)25-27-12-13-33-25)15-6-8-16(9-7-15)26(2,3)4/h6-14,21H,5H2,1-4H3. The van der Waals surface area contributed by atoms with Gasteiger partial charge in [0, 0.05) is 17.6 Å². The van der Waals surface area contributed by atoms with E-state index in [0.29, 0.717) is 34.0 Å². The molecule has 7 heteroatoms. The van der Waals surface area contributed by atoms with Crippen LogP contribution in [0.4, 0.5) is 5.13 Å². The molecule has 0 fully saturated rings. The Labute approximate surface area is 195 Å². The molecule has 1 aliphatic heterocycles. The molecule has 6 nitrogen and oxygen atoms in total. The normalized spacial score (nSPS) is 15.8. The number of amides is 1. The fourth-order valence-electron chi connectivity index (χ4n) is 4.22. The van der Waals surface area contributed by atoms with Gasteiger partial charge in [0.25, 0.3) is 5.91 Å². The maximum absolute atomic E-state index is 13.7. The number of carbonyl (C=O) groups is 1. The van der Waals surface area contributed by atoms with Crippen molar-refractivity contribution in [1.29, 1.82) is 0 Å². The van der Waals surface area contributed by atoms with Gasteiger partial charge in [-0.25, -0.2) is 4.98 Å². The Bertz CT molecular complexity index is 1400. The second-order valence-corrected chi connectivity index (χ2v) is 9.90. The molecule has 1 aliphatic rings. The first kappa shape index (κ1) is 21.4. The van der Waals surface area contributed by atoms with Crippen molar-refractivity contribution in [3.8, 4) is 5.75 Å². The number of hydrogen-bond donors (Lipinski definition) is 0. The second kappa shape index (κ2) is 7.85. The van der Waals surface area contributed by atoms with Crippen LogP contribution in [0.25, 0.3) is 11.0 Å². The van der Waals surface area contributed by atoms with Crippen LogP contribution in [-0.4, -0.2) is 17.5 Å². The van der Waals surface area contributed by atoms with Crippen LogP contribution in [0.3, 0.4) is 0 Å². The summed E-state index contributed by atoms with van der Waals surface area (Å²) in [5.41, 5.74) is 2.46. The Balaban J connectivity index is 1.73. The van der Waals surface area contributed by atoms with E-state index in [1.165, 1.54) is 16.9 Å². The van der Waals surface area contributed by atoms with E-state index in [-0.39, 0.29) is 22.5 Å². The molecular formula is C26H24N2O4S. The van der Waals surface area contributed by atoms with Crippen LogP contribution < -0.4 is 15.1 Å². The number of rotatable bonds is 4. The number of fused-ring (bicyclic) bond motifs is 2. The van der Waals surface area contributed by atoms with Crippen LogP contribution in [-0.2, 0) is 5.41 Å². The van der Waals surface area contributed by atoms with Crippen LogP contribution in [0.1, 0.15) is 61.0 Å². The molecule has 3 heterocycles. The molecule has 0 N–H and O–H groups in total. The Morgan fingerprint density at radius 2 is 1.88 bits per heavy atom. The summed E-state index contributed by atoms with van der Waals surface area (Å²) in [6, 6.07) is 12.6. The highest BCUT2D eigenvalue weighted by Gasteiger charge is 2.44. The van der Waals surface area contributed by atoms with Gasteiger partial charge in [0.15, 0.2) is 10.6 Å². The van der Waals surface area contributed by atoms with Gasteiger partial charge >= 0.3 is 0 Å². The number of thiazole rings is 1. The van der Waals surface area contributed by atoms with Crippen molar-refractivity contribution in [3.63, 3.8) is 0 Å². The Kier molecular flexibility index (Phi) is 5.09. The van der Waals surface area contributed by atoms with Gasteiger partial charge in [0.05, 0.1) is 23.6 Å². The Hall–Kier alpha value is -3.45. The smallest absolute Gasteiger partial charge is 0.297 e. The highest BCUT2D eigenvalue weighted by Crippen LogP contribution is 2.42. The average Bonchev–Trinajstić information content (AvgIpc) is 3.40. The van der Waals surface area contributed by atoms with E-state index in [1.54, 1.807) is 29.3 Å². The highest BCUT2D eigenvalue weighted by molar-refractivity contribution is 7.13. The largest absolute Gasteiger partial charge is 0.494 e. The molecule has 0 bridgehead atoms. The van der Waals surface area contributed by atoms with E-state index in [4.69, 9.17) is 9.15 Å². The summed E-state index contributed by atoms with van der Waals surface area (Å²) in [4.78, 5) is 33.1. The van der Waals surface area contributed by atoms with Crippen molar-refractivity contribution >= 4 is 33.3 Å². The summed E-state index contributed by atoms with van der Waals surface area (Å²) < 4.78 is 11.6. The minimum Gasteiger partial charge on any atom is -0.494 e. The molecule has 168 valence electrons. The molecule has 0 spiro atoms.